The second-order valence-electron chi connectivity index (χ2n) is 3.55. The maximum absolute atomic E-state index is 12.8. The summed E-state index contributed by atoms with van der Waals surface area (Å²) in [4.78, 5) is 2.94. The number of aromatic nitrogens is 1. The van der Waals surface area contributed by atoms with Gasteiger partial charge in [0.15, 0.2) is 0 Å². The van der Waals surface area contributed by atoms with Crippen LogP contribution >= 0.6 is 0 Å². The number of rotatable bonds is 3. The molecule has 1 rings (SSSR count). The van der Waals surface area contributed by atoms with E-state index in [0.29, 0.717) is 0 Å². The van der Waals surface area contributed by atoms with Gasteiger partial charge in [-0.1, -0.05) is 0 Å². The first-order valence-corrected chi connectivity index (χ1v) is 4.61. The molecule has 0 aliphatic carbocycles. The monoisotopic (exact) mass is 273 g/mol. The predicted molar refractivity (Wildman–Crippen MR) is 50.3 cm³/mol. The second-order valence-corrected chi connectivity index (χ2v) is 3.55. The van der Waals surface area contributed by atoms with Crippen molar-refractivity contribution in [1.29, 1.82) is 0 Å². The van der Waals surface area contributed by atoms with E-state index in [-0.39, 0.29) is 22.6 Å². The third-order valence-electron chi connectivity index (χ3n) is 2.21. The molecule has 0 amide bonds. The van der Waals surface area contributed by atoms with Crippen LogP contribution in [0, 0.1) is 11.9 Å². The van der Waals surface area contributed by atoms with Crippen LogP contribution in [0.25, 0.3) is 0 Å². The quantitative estimate of drug-likeness (QED) is 0.642. The van der Waals surface area contributed by atoms with Crippen LogP contribution in [0.2, 0.25) is 0 Å². The maximum atomic E-state index is 12.8. The third-order valence-corrected chi connectivity index (χ3v) is 2.21. The molecule has 2 unspecified atom stereocenters. The Morgan fingerprint density at radius 1 is 1.06 bits per heavy atom. The molecule has 0 radical (unpaired) electrons. The molecular weight excluding hydrogens is 260 g/mol. The Morgan fingerprint density at radius 3 is 1.75 bits per heavy atom. The zero-order chi connectivity index (χ0) is 11.6. The molecule has 16 heavy (non-hydrogen) atoms. The maximum Gasteiger partial charge on any atom is 0.215 e. The summed E-state index contributed by atoms with van der Waals surface area (Å²) in [6.45, 7) is 2.90. The Bertz CT molecular complexity index is 319. The topological polar surface area (TPSA) is 53.4 Å². The molecule has 1 aromatic rings. The molecule has 2 N–H and O–H groups in total. The van der Waals surface area contributed by atoms with E-state index in [1.54, 1.807) is 0 Å². The molecule has 0 spiro atoms. The molecule has 1 aromatic heterocycles. The Morgan fingerprint density at radius 2 is 1.44 bits per heavy atom. The molecule has 6 heteroatoms. The van der Waals surface area contributed by atoms with Crippen molar-refractivity contribution in [3.63, 3.8) is 0 Å². The number of halogens is 2. The summed E-state index contributed by atoms with van der Waals surface area (Å²) in [5, 5.41) is 18.8. The molecule has 1 heterocycles. The zero-order valence-corrected chi connectivity index (χ0v) is 9.94. The molecule has 0 fully saturated rings. The number of pyridine rings is 1. The standard InChI is InChI=1S/C10H13F2NO2.Fe/c1-5(14)10(6(2)15)7-3-8(11)13-9(12)4-7;/h3-6,10,14-15H,1-2H3;. The number of nitrogens with zero attached hydrogens (tertiary/aromatic N) is 1. The first kappa shape index (κ1) is 15.4. The second kappa shape index (κ2) is 6.25. The van der Waals surface area contributed by atoms with E-state index in [1.807, 2.05) is 0 Å². The minimum atomic E-state index is -0.962. The number of aliphatic hydroxyl groups is 2. The van der Waals surface area contributed by atoms with Crippen molar-refractivity contribution < 1.29 is 36.1 Å². The largest absolute Gasteiger partial charge is 0.393 e. The number of aliphatic hydroxyl groups excluding tert-OH is 2. The summed E-state index contributed by atoms with van der Waals surface area (Å²) in [6.07, 6.45) is -1.79. The van der Waals surface area contributed by atoms with E-state index in [9.17, 15) is 19.0 Å². The van der Waals surface area contributed by atoms with E-state index >= 15 is 0 Å². The molecule has 0 aromatic carbocycles. The predicted octanol–water partition coefficient (Wildman–Crippen LogP) is 1.20. The molecule has 2 atom stereocenters. The van der Waals surface area contributed by atoms with Crippen molar-refractivity contribution in [3.8, 4) is 0 Å². The van der Waals surface area contributed by atoms with Crippen molar-refractivity contribution in [2.24, 2.45) is 0 Å². The molecule has 0 aliphatic rings. The molecule has 92 valence electrons. The van der Waals surface area contributed by atoms with Gasteiger partial charge in [-0.05, 0) is 31.5 Å². The summed E-state index contributed by atoms with van der Waals surface area (Å²) >= 11 is 0. The summed E-state index contributed by atoms with van der Waals surface area (Å²) < 4.78 is 25.6. The van der Waals surface area contributed by atoms with Crippen molar-refractivity contribution in [1.82, 2.24) is 4.98 Å². The van der Waals surface area contributed by atoms with Crippen LogP contribution in [0.1, 0.15) is 25.3 Å². The molecule has 0 saturated heterocycles. The van der Waals surface area contributed by atoms with Gasteiger partial charge >= 0.3 is 0 Å². The van der Waals surface area contributed by atoms with E-state index in [4.69, 9.17) is 0 Å². The van der Waals surface area contributed by atoms with Gasteiger partial charge in [-0.3, -0.25) is 0 Å². The SMILES string of the molecule is CC(O)C(c1cc(F)nc(F)c1)C(C)O.[Fe]. The van der Waals surface area contributed by atoms with Crippen molar-refractivity contribution >= 4 is 0 Å². The Labute approximate surface area is 103 Å². The average Bonchev–Trinajstić information content (AvgIpc) is 1.99. The van der Waals surface area contributed by atoms with Gasteiger partial charge in [-0.15, -0.1) is 0 Å². The molecule has 3 nitrogen and oxygen atoms in total. The summed E-state index contributed by atoms with van der Waals surface area (Å²) in [6, 6.07) is 2.01. The van der Waals surface area contributed by atoms with Gasteiger partial charge in [0, 0.05) is 23.0 Å². The Kier molecular flexibility index (Phi) is 6.04. The van der Waals surface area contributed by atoms with Gasteiger partial charge < -0.3 is 10.2 Å². The summed E-state index contributed by atoms with van der Waals surface area (Å²) in [5.41, 5.74) is 0.199. The minimum absolute atomic E-state index is 0. The van der Waals surface area contributed by atoms with Crippen LogP contribution in [0.4, 0.5) is 8.78 Å². The van der Waals surface area contributed by atoms with Crippen LogP contribution in [-0.2, 0) is 17.1 Å². The summed E-state index contributed by atoms with van der Waals surface area (Å²) in [7, 11) is 0. The molecule has 0 aliphatic heterocycles. The summed E-state index contributed by atoms with van der Waals surface area (Å²) in [5.74, 6) is -2.65. The van der Waals surface area contributed by atoms with Crippen LogP contribution in [0.3, 0.4) is 0 Å². The van der Waals surface area contributed by atoms with Crippen LogP contribution < -0.4 is 0 Å². The third kappa shape index (κ3) is 3.79. The molecule has 0 bridgehead atoms. The van der Waals surface area contributed by atoms with Crippen molar-refractivity contribution in [3.05, 3.63) is 29.6 Å². The normalized spacial score (nSPS) is 16.1. The van der Waals surface area contributed by atoms with E-state index < -0.39 is 30.0 Å². The first-order chi connectivity index (χ1) is 6.91. The van der Waals surface area contributed by atoms with Gasteiger partial charge in [-0.25, -0.2) is 0 Å². The number of hydrogen-bond donors (Lipinski definition) is 2. The van der Waals surface area contributed by atoms with Crippen molar-refractivity contribution in [2.75, 3.05) is 0 Å². The smallest absolute Gasteiger partial charge is 0.215 e. The fourth-order valence-electron chi connectivity index (χ4n) is 1.64. The van der Waals surface area contributed by atoms with Gasteiger partial charge in [0.05, 0.1) is 12.2 Å². The van der Waals surface area contributed by atoms with Gasteiger partial charge in [-0.2, -0.15) is 13.8 Å². The van der Waals surface area contributed by atoms with Crippen LogP contribution in [0.15, 0.2) is 12.1 Å². The van der Waals surface area contributed by atoms with Crippen molar-refractivity contribution in [2.45, 2.75) is 32.0 Å². The van der Waals surface area contributed by atoms with Gasteiger partial charge in [0.25, 0.3) is 0 Å². The van der Waals surface area contributed by atoms with Crippen LogP contribution in [0.5, 0.6) is 0 Å². The number of hydrogen-bond acceptors (Lipinski definition) is 3. The molecule has 0 saturated carbocycles. The average molecular weight is 273 g/mol. The van der Waals surface area contributed by atoms with Gasteiger partial charge in [0.2, 0.25) is 11.9 Å². The van der Waals surface area contributed by atoms with Gasteiger partial charge in [0.1, 0.15) is 0 Å². The fraction of sp³-hybridized carbons (Fsp3) is 0.500. The van der Waals surface area contributed by atoms with E-state index in [1.165, 1.54) is 13.8 Å². The van der Waals surface area contributed by atoms with Crippen LogP contribution in [-0.4, -0.2) is 27.4 Å². The van der Waals surface area contributed by atoms with E-state index in [2.05, 4.69) is 4.98 Å². The minimum Gasteiger partial charge on any atom is -0.393 e. The molecular formula is C10H13F2FeNO2. The van der Waals surface area contributed by atoms with E-state index in [0.717, 1.165) is 12.1 Å². The fourth-order valence-corrected chi connectivity index (χ4v) is 1.64. The Balaban J connectivity index is 0.00000225. The zero-order valence-electron chi connectivity index (χ0n) is 8.84. The first-order valence-electron chi connectivity index (χ1n) is 4.61. The Hall–Kier alpha value is -0.551.